The molecule has 1 aromatic rings. The van der Waals surface area contributed by atoms with E-state index < -0.39 is 23.7 Å². The molecule has 0 unspecified atom stereocenters. The number of nitrogens with zero attached hydrogens (tertiary/aromatic N) is 2. The number of hydrogen-bond acceptors (Lipinski definition) is 5. The fraction of sp³-hybridized carbons (Fsp3) is 0.333. The van der Waals surface area contributed by atoms with Crippen molar-refractivity contribution in [3.05, 3.63) is 36.4 Å². The second-order valence-electron chi connectivity index (χ2n) is 6.50. The van der Waals surface area contributed by atoms with Gasteiger partial charge in [-0.05, 0) is 24.3 Å². The van der Waals surface area contributed by atoms with Gasteiger partial charge in [-0.2, -0.15) is 0 Å². The van der Waals surface area contributed by atoms with Crippen LogP contribution < -0.4 is 9.64 Å². The summed E-state index contributed by atoms with van der Waals surface area (Å²) in [5.74, 6) is -2.65. The summed E-state index contributed by atoms with van der Waals surface area (Å²) in [7, 11) is 1.66. The largest absolute Gasteiger partial charge is 0.427 e. The number of esters is 1. The van der Waals surface area contributed by atoms with Crippen LogP contribution in [0, 0.1) is 17.8 Å². The average Bonchev–Trinajstić information content (AvgIpc) is 2.85. The SMILES string of the molecule is CC(=O)Oc1ccc(N2C(=O)[C@@H]3[C@H](C2=O)[C@@H]2C=C[C@H]3C(=O)N2C)cc1. The van der Waals surface area contributed by atoms with Crippen molar-refractivity contribution in [3.8, 4) is 5.75 Å². The van der Waals surface area contributed by atoms with E-state index in [2.05, 4.69) is 0 Å². The molecule has 3 amide bonds. The van der Waals surface area contributed by atoms with Gasteiger partial charge in [0.1, 0.15) is 5.75 Å². The Labute approximate surface area is 143 Å². The van der Waals surface area contributed by atoms with Gasteiger partial charge in [0.25, 0.3) is 0 Å². The van der Waals surface area contributed by atoms with Gasteiger partial charge in [-0.1, -0.05) is 12.2 Å². The fourth-order valence-corrected chi connectivity index (χ4v) is 3.99. The van der Waals surface area contributed by atoms with Gasteiger partial charge in [0.05, 0.1) is 29.5 Å². The van der Waals surface area contributed by atoms with Crippen LogP contribution in [-0.2, 0) is 19.2 Å². The Morgan fingerprint density at radius 3 is 2.24 bits per heavy atom. The number of benzene rings is 1. The van der Waals surface area contributed by atoms with Crippen LogP contribution in [0.5, 0.6) is 5.75 Å². The molecule has 3 heterocycles. The maximum Gasteiger partial charge on any atom is 0.308 e. The quantitative estimate of drug-likeness (QED) is 0.343. The van der Waals surface area contributed by atoms with Gasteiger partial charge in [0.15, 0.2) is 0 Å². The predicted molar refractivity (Wildman–Crippen MR) is 86.4 cm³/mol. The molecule has 128 valence electrons. The van der Waals surface area contributed by atoms with Gasteiger partial charge >= 0.3 is 5.97 Å². The van der Waals surface area contributed by atoms with Gasteiger partial charge in [0.2, 0.25) is 17.7 Å². The molecule has 0 aromatic heterocycles. The van der Waals surface area contributed by atoms with E-state index in [9.17, 15) is 19.2 Å². The van der Waals surface area contributed by atoms with E-state index in [1.165, 1.54) is 19.1 Å². The highest BCUT2D eigenvalue weighted by atomic mass is 16.5. The zero-order valence-corrected chi connectivity index (χ0v) is 13.7. The summed E-state index contributed by atoms with van der Waals surface area (Å²) in [5, 5.41) is 0. The molecule has 7 heteroatoms. The van der Waals surface area contributed by atoms with Crippen molar-refractivity contribution >= 4 is 29.4 Å². The van der Waals surface area contributed by atoms with Crippen molar-refractivity contribution in [3.63, 3.8) is 0 Å². The summed E-state index contributed by atoms with van der Waals surface area (Å²) in [5.41, 5.74) is 0.412. The Bertz CT molecular complexity index is 828. The summed E-state index contributed by atoms with van der Waals surface area (Å²) >= 11 is 0. The van der Waals surface area contributed by atoms with Crippen LogP contribution in [0.4, 0.5) is 5.69 Å². The molecule has 5 rings (SSSR count). The lowest BCUT2D eigenvalue weighted by molar-refractivity contribution is -0.148. The standard InChI is InChI=1S/C18H16N2O5/c1-9(21)25-11-5-3-10(4-6-11)20-17(23)14-12-7-8-13(15(14)18(20)24)19(2)16(12)22/h3-8,12-15H,1-2H3/t12-,13+,14+,15-/m1/s1. The minimum absolute atomic E-state index is 0.123. The first-order valence-electron chi connectivity index (χ1n) is 8.01. The minimum Gasteiger partial charge on any atom is -0.427 e. The van der Waals surface area contributed by atoms with E-state index in [0.717, 1.165) is 4.90 Å². The van der Waals surface area contributed by atoms with Crippen molar-refractivity contribution in [1.29, 1.82) is 0 Å². The topological polar surface area (TPSA) is 84.0 Å². The number of likely N-dealkylation sites (N-methyl/N-ethyl adjacent to an activating group) is 1. The van der Waals surface area contributed by atoms with Gasteiger partial charge in [-0.15, -0.1) is 0 Å². The molecule has 0 radical (unpaired) electrons. The summed E-state index contributed by atoms with van der Waals surface area (Å²) in [6.07, 6.45) is 3.58. The van der Waals surface area contributed by atoms with Crippen molar-refractivity contribution in [2.45, 2.75) is 13.0 Å². The number of anilines is 1. The van der Waals surface area contributed by atoms with Crippen molar-refractivity contribution in [2.75, 3.05) is 11.9 Å². The molecule has 25 heavy (non-hydrogen) atoms. The first-order chi connectivity index (χ1) is 11.9. The number of fused-ring (bicyclic) bond motifs is 1. The van der Waals surface area contributed by atoms with Gasteiger partial charge in [-0.3, -0.25) is 19.2 Å². The number of carbonyl (C=O) groups excluding carboxylic acids is 4. The fourth-order valence-electron chi connectivity index (χ4n) is 3.99. The zero-order chi connectivity index (χ0) is 17.9. The molecule has 2 saturated heterocycles. The van der Waals surface area contributed by atoms with Gasteiger partial charge in [-0.25, -0.2) is 4.90 Å². The number of rotatable bonds is 2. The van der Waals surface area contributed by atoms with Crippen LogP contribution in [-0.4, -0.2) is 41.7 Å². The molecule has 0 saturated carbocycles. The molecule has 0 N–H and O–H groups in total. The highest BCUT2D eigenvalue weighted by molar-refractivity contribution is 6.24. The maximum atomic E-state index is 12.9. The number of amides is 3. The Morgan fingerprint density at radius 2 is 1.60 bits per heavy atom. The third-order valence-electron chi connectivity index (χ3n) is 5.10. The summed E-state index contributed by atoms with van der Waals surface area (Å²) < 4.78 is 4.96. The second-order valence-corrected chi connectivity index (χ2v) is 6.50. The number of imide groups is 1. The monoisotopic (exact) mass is 340 g/mol. The van der Waals surface area contributed by atoms with Crippen LogP contribution in [0.3, 0.4) is 0 Å². The molecule has 2 fully saturated rings. The average molecular weight is 340 g/mol. The Balaban J connectivity index is 1.67. The molecule has 3 aliphatic heterocycles. The molecule has 0 spiro atoms. The smallest absolute Gasteiger partial charge is 0.308 e. The van der Waals surface area contributed by atoms with Crippen molar-refractivity contribution in [2.24, 2.45) is 17.8 Å². The Kier molecular flexibility index (Phi) is 3.28. The number of piperidine rings is 1. The lowest BCUT2D eigenvalue weighted by Gasteiger charge is -2.44. The minimum atomic E-state index is -0.639. The van der Waals surface area contributed by atoms with Crippen LogP contribution >= 0.6 is 0 Å². The normalized spacial score (nSPS) is 30.1. The lowest BCUT2D eigenvalue weighted by Crippen LogP contribution is -2.57. The zero-order valence-electron chi connectivity index (χ0n) is 13.7. The number of ether oxygens (including phenoxy) is 1. The Hall–Kier alpha value is -2.96. The number of hydrogen-bond donors (Lipinski definition) is 0. The van der Waals surface area contributed by atoms with Crippen LogP contribution in [0.25, 0.3) is 0 Å². The number of carbonyl (C=O) groups is 4. The van der Waals surface area contributed by atoms with Crippen molar-refractivity contribution < 1.29 is 23.9 Å². The first-order valence-corrected chi connectivity index (χ1v) is 8.01. The van der Waals surface area contributed by atoms with Crippen LogP contribution in [0.1, 0.15) is 6.92 Å². The Morgan fingerprint density at radius 1 is 0.960 bits per heavy atom. The molecular formula is C18H16N2O5. The van der Waals surface area contributed by atoms with Gasteiger partial charge in [0, 0.05) is 14.0 Å². The molecular weight excluding hydrogens is 324 g/mol. The van der Waals surface area contributed by atoms with Crippen molar-refractivity contribution in [1.82, 2.24) is 4.90 Å². The van der Waals surface area contributed by atoms with E-state index in [4.69, 9.17) is 4.74 Å². The molecule has 7 nitrogen and oxygen atoms in total. The molecule has 4 aliphatic rings. The molecule has 4 atom stereocenters. The van der Waals surface area contributed by atoms with E-state index in [-0.39, 0.29) is 23.8 Å². The maximum absolute atomic E-state index is 12.9. The summed E-state index contributed by atoms with van der Waals surface area (Å²) in [6.45, 7) is 1.29. The van der Waals surface area contributed by atoms with E-state index >= 15 is 0 Å². The third-order valence-corrected chi connectivity index (χ3v) is 5.10. The highest BCUT2D eigenvalue weighted by Gasteiger charge is 2.61. The molecule has 2 bridgehead atoms. The predicted octanol–water partition coefficient (Wildman–Crippen LogP) is 0.744. The second kappa shape index (κ2) is 5.27. The van der Waals surface area contributed by atoms with Gasteiger partial charge < -0.3 is 9.64 Å². The van der Waals surface area contributed by atoms with Crippen LogP contribution in [0.15, 0.2) is 36.4 Å². The summed E-state index contributed by atoms with van der Waals surface area (Å²) in [6, 6.07) is 5.80. The third kappa shape index (κ3) is 2.12. The van der Waals surface area contributed by atoms with E-state index in [1.54, 1.807) is 30.2 Å². The van der Waals surface area contributed by atoms with E-state index in [0.29, 0.717) is 11.4 Å². The summed E-state index contributed by atoms with van der Waals surface area (Å²) in [4.78, 5) is 51.8. The molecule has 1 aliphatic carbocycles. The highest BCUT2D eigenvalue weighted by Crippen LogP contribution is 2.46. The first kappa shape index (κ1) is 15.6. The molecule has 1 aromatic carbocycles. The lowest BCUT2D eigenvalue weighted by atomic mass is 9.70. The van der Waals surface area contributed by atoms with E-state index in [1.807, 2.05) is 6.08 Å². The van der Waals surface area contributed by atoms with Crippen LogP contribution in [0.2, 0.25) is 0 Å².